The minimum absolute atomic E-state index is 0.571. The zero-order valence-corrected chi connectivity index (χ0v) is 14.0. The van der Waals surface area contributed by atoms with Gasteiger partial charge in [-0.25, -0.2) is 15.0 Å². The molecule has 22 heavy (non-hydrogen) atoms. The van der Waals surface area contributed by atoms with Crippen LogP contribution in [0.1, 0.15) is 19.8 Å². The zero-order chi connectivity index (χ0) is 15.5. The number of nitrogens with zero attached hydrogens (tertiary/aromatic N) is 4. The van der Waals surface area contributed by atoms with E-state index in [1.165, 1.54) is 12.8 Å². The molecule has 3 heterocycles. The van der Waals surface area contributed by atoms with Crippen molar-refractivity contribution < 1.29 is 0 Å². The van der Waals surface area contributed by atoms with Crippen LogP contribution in [0.5, 0.6) is 0 Å². The number of anilines is 4. The van der Waals surface area contributed by atoms with Gasteiger partial charge < -0.3 is 16.0 Å². The zero-order valence-electron chi connectivity index (χ0n) is 12.5. The van der Waals surface area contributed by atoms with Gasteiger partial charge >= 0.3 is 0 Å². The van der Waals surface area contributed by atoms with Crippen LogP contribution in [0.25, 0.3) is 0 Å². The summed E-state index contributed by atoms with van der Waals surface area (Å²) in [7, 11) is 0. The fourth-order valence-electron chi connectivity index (χ4n) is 2.53. The van der Waals surface area contributed by atoms with Gasteiger partial charge in [-0.3, -0.25) is 0 Å². The van der Waals surface area contributed by atoms with Crippen molar-refractivity contribution >= 4 is 39.1 Å². The van der Waals surface area contributed by atoms with Crippen LogP contribution in [-0.2, 0) is 0 Å². The SMILES string of the molecule is CC1CCN(c2ncnc(Nc3ccc(Br)cn3)c2N)CC1. The van der Waals surface area contributed by atoms with Crippen molar-refractivity contribution in [3.05, 3.63) is 29.1 Å². The number of hydrogen-bond donors (Lipinski definition) is 2. The molecular weight excluding hydrogens is 344 g/mol. The Kier molecular flexibility index (Phi) is 4.42. The molecule has 1 aliphatic heterocycles. The first-order chi connectivity index (χ1) is 10.6. The topological polar surface area (TPSA) is 80.0 Å². The molecule has 3 N–H and O–H groups in total. The third kappa shape index (κ3) is 3.30. The number of hydrogen-bond acceptors (Lipinski definition) is 6. The summed E-state index contributed by atoms with van der Waals surface area (Å²) < 4.78 is 0.928. The Morgan fingerprint density at radius 3 is 2.68 bits per heavy atom. The van der Waals surface area contributed by atoms with Crippen molar-refractivity contribution in [2.75, 3.05) is 29.0 Å². The largest absolute Gasteiger partial charge is 0.393 e. The lowest BCUT2D eigenvalue weighted by Crippen LogP contribution is -2.34. The first-order valence-electron chi connectivity index (χ1n) is 7.37. The lowest BCUT2D eigenvalue weighted by molar-refractivity contribution is 0.437. The Hall–Kier alpha value is -1.89. The maximum absolute atomic E-state index is 6.26. The van der Waals surface area contributed by atoms with Crippen molar-refractivity contribution in [1.82, 2.24) is 15.0 Å². The second kappa shape index (κ2) is 6.48. The molecule has 1 saturated heterocycles. The molecule has 0 radical (unpaired) electrons. The van der Waals surface area contributed by atoms with Crippen molar-refractivity contribution in [2.24, 2.45) is 5.92 Å². The highest BCUT2D eigenvalue weighted by Gasteiger charge is 2.20. The van der Waals surface area contributed by atoms with E-state index >= 15 is 0 Å². The summed E-state index contributed by atoms with van der Waals surface area (Å²) in [5.41, 5.74) is 6.83. The van der Waals surface area contributed by atoms with Crippen LogP contribution in [-0.4, -0.2) is 28.0 Å². The van der Waals surface area contributed by atoms with E-state index in [9.17, 15) is 0 Å². The second-order valence-corrected chi connectivity index (χ2v) is 6.53. The summed E-state index contributed by atoms with van der Waals surface area (Å²) in [6.45, 7) is 4.25. The van der Waals surface area contributed by atoms with E-state index in [0.717, 1.165) is 29.3 Å². The lowest BCUT2D eigenvalue weighted by Gasteiger charge is -2.32. The number of piperidine rings is 1. The number of aromatic nitrogens is 3. The third-order valence-corrected chi connectivity index (χ3v) is 4.39. The van der Waals surface area contributed by atoms with Crippen molar-refractivity contribution in [1.29, 1.82) is 0 Å². The molecular formula is C15H19BrN6. The Morgan fingerprint density at radius 2 is 2.00 bits per heavy atom. The van der Waals surface area contributed by atoms with Crippen LogP contribution in [0.4, 0.5) is 23.1 Å². The molecule has 1 fully saturated rings. The molecule has 0 bridgehead atoms. The van der Waals surface area contributed by atoms with Gasteiger partial charge in [-0.15, -0.1) is 0 Å². The van der Waals surface area contributed by atoms with Crippen LogP contribution in [0.15, 0.2) is 29.1 Å². The van der Waals surface area contributed by atoms with Gasteiger partial charge in [0.2, 0.25) is 0 Å². The quantitative estimate of drug-likeness (QED) is 0.872. The van der Waals surface area contributed by atoms with Gasteiger partial charge in [0.05, 0.1) is 0 Å². The minimum Gasteiger partial charge on any atom is -0.393 e. The predicted octanol–water partition coefficient (Wildman–Crippen LogP) is 3.20. The van der Waals surface area contributed by atoms with Gasteiger partial charge in [-0.2, -0.15) is 0 Å². The van der Waals surface area contributed by atoms with E-state index in [-0.39, 0.29) is 0 Å². The van der Waals surface area contributed by atoms with E-state index in [1.54, 1.807) is 12.5 Å². The molecule has 1 aliphatic rings. The van der Waals surface area contributed by atoms with E-state index in [0.29, 0.717) is 17.3 Å². The van der Waals surface area contributed by atoms with E-state index in [4.69, 9.17) is 5.73 Å². The average Bonchev–Trinajstić information content (AvgIpc) is 2.53. The van der Waals surface area contributed by atoms with Crippen LogP contribution >= 0.6 is 15.9 Å². The van der Waals surface area contributed by atoms with Crippen LogP contribution in [0.2, 0.25) is 0 Å². The fourth-order valence-corrected chi connectivity index (χ4v) is 2.76. The molecule has 0 atom stereocenters. The van der Waals surface area contributed by atoms with E-state index in [1.807, 2.05) is 12.1 Å². The first kappa shape index (κ1) is 15.0. The monoisotopic (exact) mass is 362 g/mol. The third-order valence-electron chi connectivity index (χ3n) is 3.92. The number of nitrogens with two attached hydrogens (primary N) is 1. The Bertz CT molecular complexity index is 637. The predicted molar refractivity (Wildman–Crippen MR) is 92.3 cm³/mol. The maximum Gasteiger partial charge on any atom is 0.160 e. The van der Waals surface area contributed by atoms with Gasteiger partial charge in [0.25, 0.3) is 0 Å². The molecule has 2 aromatic rings. The van der Waals surface area contributed by atoms with Gasteiger partial charge in [0, 0.05) is 23.8 Å². The normalized spacial score (nSPS) is 15.8. The summed E-state index contributed by atoms with van der Waals surface area (Å²) in [4.78, 5) is 15.1. The molecule has 0 aliphatic carbocycles. The average molecular weight is 363 g/mol. The lowest BCUT2D eigenvalue weighted by atomic mass is 9.99. The Balaban J connectivity index is 1.81. The van der Waals surface area contributed by atoms with Gasteiger partial charge in [-0.05, 0) is 46.8 Å². The van der Waals surface area contributed by atoms with E-state index in [2.05, 4.69) is 48.0 Å². The number of halogens is 1. The fraction of sp³-hybridized carbons (Fsp3) is 0.400. The molecule has 0 aromatic carbocycles. The molecule has 0 saturated carbocycles. The van der Waals surface area contributed by atoms with Crippen molar-refractivity contribution in [3.8, 4) is 0 Å². The van der Waals surface area contributed by atoms with E-state index < -0.39 is 0 Å². The highest BCUT2D eigenvalue weighted by Crippen LogP contribution is 2.30. The van der Waals surface area contributed by atoms with Crippen LogP contribution in [0, 0.1) is 5.92 Å². The molecule has 0 spiro atoms. The smallest absolute Gasteiger partial charge is 0.160 e. The summed E-state index contributed by atoms with van der Waals surface area (Å²) >= 11 is 3.37. The van der Waals surface area contributed by atoms with Gasteiger partial charge in [0.1, 0.15) is 17.8 Å². The van der Waals surface area contributed by atoms with Gasteiger partial charge in [-0.1, -0.05) is 6.92 Å². The van der Waals surface area contributed by atoms with Crippen LogP contribution in [0.3, 0.4) is 0 Å². The highest BCUT2D eigenvalue weighted by molar-refractivity contribution is 9.10. The highest BCUT2D eigenvalue weighted by atomic mass is 79.9. The summed E-state index contributed by atoms with van der Waals surface area (Å²) in [5.74, 6) is 2.87. The number of pyridine rings is 1. The number of nitrogen functional groups attached to an aromatic ring is 1. The molecule has 3 rings (SSSR count). The minimum atomic E-state index is 0.571. The summed E-state index contributed by atoms with van der Waals surface area (Å²) in [6.07, 6.45) is 5.61. The first-order valence-corrected chi connectivity index (χ1v) is 8.17. The number of nitrogens with one attached hydrogen (secondary N) is 1. The molecule has 6 nitrogen and oxygen atoms in total. The summed E-state index contributed by atoms with van der Waals surface area (Å²) in [5, 5.41) is 3.15. The number of rotatable bonds is 3. The van der Waals surface area contributed by atoms with Crippen molar-refractivity contribution in [2.45, 2.75) is 19.8 Å². The Morgan fingerprint density at radius 1 is 1.23 bits per heavy atom. The van der Waals surface area contributed by atoms with Gasteiger partial charge in [0.15, 0.2) is 11.6 Å². The molecule has 7 heteroatoms. The second-order valence-electron chi connectivity index (χ2n) is 5.62. The van der Waals surface area contributed by atoms with Crippen LogP contribution < -0.4 is 16.0 Å². The Labute approximate surface area is 138 Å². The maximum atomic E-state index is 6.26. The molecule has 2 aromatic heterocycles. The standard InChI is InChI=1S/C15H19BrN6/c1-10-4-6-22(7-5-10)15-13(17)14(19-9-20-15)21-12-3-2-11(16)8-18-12/h2-3,8-10H,4-7,17H2,1H3,(H,18,19,20,21). The molecule has 116 valence electrons. The molecule has 0 unspecified atom stereocenters. The van der Waals surface area contributed by atoms with Crippen molar-refractivity contribution in [3.63, 3.8) is 0 Å². The molecule has 0 amide bonds. The summed E-state index contributed by atoms with van der Waals surface area (Å²) in [6, 6.07) is 3.79.